The predicted molar refractivity (Wildman–Crippen MR) is 81.8 cm³/mol. The molecule has 4 heteroatoms. The van der Waals surface area contributed by atoms with Gasteiger partial charge in [-0.15, -0.1) is 0 Å². The molecule has 2 rings (SSSR count). The van der Waals surface area contributed by atoms with Crippen molar-refractivity contribution >= 4 is 0 Å². The van der Waals surface area contributed by atoms with Gasteiger partial charge in [0.05, 0.1) is 12.7 Å². The zero-order chi connectivity index (χ0) is 14.4. The minimum atomic E-state index is 0.404. The summed E-state index contributed by atoms with van der Waals surface area (Å²) in [6.07, 6.45) is 8.92. The molecule has 0 amide bonds. The molecule has 0 radical (unpaired) electrons. The number of aryl methyl sites for hydroxylation is 1. The van der Waals surface area contributed by atoms with Gasteiger partial charge in [0.2, 0.25) is 0 Å². The van der Waals surface area contributed by atoms with Gasteiger partial charge in [-0.1, -0.05) is 13.8 Å². The van der Waals surface area contributed by atoms with Crippen LogP contribution in [-0.2, 0) is 17.7 Å². The summed E-state index contributed by atoms with van der Waals surface area (Å²) in [5.74, 6) is 1.82. The third kappa shape index (κ3) is 4.06. The van der Waals surface area contributed by atoms with E-state index in [0.717, 1.165) is 39.0 Å². The Kier molecular flexibility index (Phi) is 6.05. The van der Waals surface area contributed by atoms with Crippen LogP contribution in [0.15, 0.2) is 12.4 Å². The number of aromatic nitrogens is 2. The zero-order valence-corrected chi connectivity index (χ0v) is 13.1. The molecule has 3 unspecified atom stereocenters. The lowest BCUT2D eigenvalue weighted by Crippen LogP contribution is -2.39. The lowest BCUT2D eigenvalue weighted by atomic mass is 9.94. The van der Waals surface area contributed by atoms with Crippen LogP contribution in [0.2, 0.25) is 0 Å². The van der Waals surface area contributed by atoms with Crippen molar-refractivity contribution in [1.82, 2.24) is 14.9 Å². The molecule has 114 valence electrons. The molecule has 1 saturated heterocycles. The Morgan fingerprint density at radius 3 is 2.95 bits per heavy atom. The SMILES string of the molecule is CCCNC(Cc1nccn1CCC)C1COC(C)C1. The second-order valence-corrected chi connectivity index (χ2v) is 5.94. The molecule has 1 aromatic rings. The van der Waals surface area contributed by atoms with E-state index in [-0.39, 0.29) is 0 Å². The number of hydrogen-bond acceptors (Lipinski definition) is 3. The van der Waals surface area contributed by atoms with Crippen LogP contribution in [0.1, 0.15) is 45.9 Å². The number of nitrogens with zero attached hydrogens (tertiary/aromatic N) is 2. The fourth-order valence-corrected chi connectivity index (χ4v) is 3.04. The second kappa shape index (κ2) is 7.79. The van der Waals surface area contributed by atoms with E-state index in [1.165, 1.54) is 12.2 Å². The van der Waals surface area contributed by atoms with Crippen LogP contribution in [0.25, 0.3) is 0 Å². The topological polar surface area (TPSA) is 39.1 Å². The average Bonchev–Trinajstić information content (AvgIpc) is 3.04. The molecule has 0 aromatic carbocycles. The number of hydrogen-bond donors (Lipinski definition) is 1. The summed E-state index contributed by atoms with van der Waals surface area (Å²) in [7, 11) is 0. The largest absolute Gasteiger partial charge is 0.378 e. The average molecular weight is 279 g/mol. The molecular formula is C16H29N3O. The van der Waals surface area contributed by atoms with E-state index in [2.05, 4.69) is 41.8 Å². The molecule has 1 fully saturated rings. The first-order valence-corrected chi connectivity index (χ1v) is 8.09. The summed E-state index contributed by atoms with van der Waals surface area (Å²) < 4.78 is 8.05. The Morgan fingerprint density at radius 1 is 1.45 bits per heavy atom. The molecule has 1 aliphatic rings. The minimum Gasteiger partial charge on any atom is -0.378 e. The van der Waals surface area contributed by atoms with Crippen LogP contribution < -0.4 is 5.32 Å². The van der Waals surface area contributed by atoms with Gasteiger partial charge in [0, 0.05) is 37.3 Å². The smallest absolute Gasteiger partial charge is 0.110 e. The normalized spacial score (nSPS) is 24.1. The summed E-state index contributed by atoms with van der Waals surface area (Å²) >= 11 is 0. The molecular weight excluding hydrogens is 250 g/mol. The lowest BCUT2D eigenvalue weighted by Gasteiger charge is -2.24. The molecule has 3 atom stereocenters. The fraction of sp³-hybridized carbons (Fsp3) is 0.812. The fourth-order valence-electron chi connectivity index (χ4n) is 3.04. The van der Waals surface area contributed by atoms with Crippen molar-refractivity contribution in [1.29, 1.82) is 0 Å². The first-order chi connectivity index (χ1) is 9.74. The van der Waals surface area contributed by atoms with Gasteiger partial charge >= 0.3 is 0 Å². The van der Waals surface area contributed by atoms with Crippen LogP contribution >= 0.6 is 0 Å². The Morgan fingerprint density at radius 2 is 2.30 bits per heavy atom. The third-order valence-electron chi connectivity index (χ3n) is 4.12. The van der Waals surface area contributed by atoms with E-state index < -0.39 is 0 Å². The molecule has 20 heavy (non-hydrogen) atoms. The molecule has 0 aliphatic carbocycles. The molecule has 2 heterocycles. The summed E-state index contributed by atoms with van der Waals surface area (Å²) in [4.78, 5) is 4.56. The van der Waals surface area contributed by atoms with Gasteiger partial charge in [-0.05, 0) is 32.7 Å². The highest BCUT2D eigenvalue weighted by Crippen LogP contribution is 2.24. The number of rotatable bonds is 8. The minimum absolute atomic E-state index is 0.404. The van der Waals surface area contributed by atoms with Gasteiger partial charge in [-0.3, -0.25) is 0 Å². The van der Waals surface area contributed by atoms with Crippen molar-refractivity contribution in [2.45, 2.75) is 65.1 Å². The Balaban J connectivity index is 2.00. The molecule has 4 nitrogen and oxygen atoms in total. The van der Waals surface area contributed by atoms with Crippen molar-refractivity contribution in [3.63, 3.8) is 0 Å². The monoisotopic (exact) mass is 279 g/mol. The summed E-state index contributed by atoms with van der Waals surface area (Å²) in [5.41, 5.74) is 0. The van der Waals surface area contributed by atoms with E-state index in [9.17, 15) is 0 Å². The second-order valence-electron chi connectivity index (χ2n) is 5.94. The van der Waals surface area contributed by atoms with Crippen LogP contribution in [0, 0.1) is 5.92 Å². The van der Waals surface area contributed by atoms with Crippen LogP contribution in [0.5, 0.6) is 0 Å². The van der Waals surface area contributed by atoms with E-state index in [0.29, 0.717) is 18.1 Å². The first kappa shape index (κ1) is 15.5. The van der Waals surface area contributed by atoms with E-state index >= 15 is 0 Å². The number of nitrogens with one attached hydrogen (secondary N) is 1. The Hall–Kier alpha value is -0.870. The van der Waals surface area contributed by atoms with Gasteiger partial charge in [0.1, 0.15) is 5.82 Å². The third-order valence-corrected chi connectivity index (χ3v) is 4.12. The summed E-state index contributed by atoms with van der Waals surface area (Å²) in [6, 6.07) is 0.484. The van der Waals surface area contributed by atoms with Gasteiger partial charge < -0.3 is 14.6 Å². The molecule has 1 N–H and O–H groups in total. The highest BCUT2D eigenvalue weighted by molar-refractivity contribution is 4.98. The molecule has 1 aromatic heterocycles. The van der Waals surface area contributed by atoms with E-state index in [4.69, 9.17) is 4.74 Å². The molecule has 0 saturated carbocycles. The standard InChI is InChI=1S/C16H29N3O/c1-4-6-17-15(14-10-13(3)20-12-14)11-16-18-7-9-19(16)8-5-2/h7,9,13-15,17H,4-6,8,10-12H2,1-3H3. The first-order valence-electron chi connectivity index (χ1n) is 8.09. The van der Waals surface area contributed by atoms with Crippen LogP contribution in [0.4, 0.5) is 0 Å². The van der Waals surface area contributed by atoms with Crippen molar-refractivity contribution in [3.8, 4) is 0 Å². The van der Waals surface area contributed by atoms with E-state index in [1.807, 2.05) is 6.20 Å². The van der Waals surface area contributed by atoms with Crippen molar-refractivity contribution < 1.29 is 4.74 Å². The van der Waals surface area contributed by atoms with Crippen molar-refractivity contribution in [3.05, 3.63) is 18.2 Å². The molecule has 0 bridgehead atoms. The maximum absolute atomic E-state index is 5.76. The number of ether oxygens (including phenoxy) is 1. The molecule has 0 spiro atoms. The predicted octanol–water partition coefficient (Wildman–Crippen LogP) is 2.63. The Labute approximate surface area is 122 Å². The number of imidazole rings is 1. The van der Waals surface area contributed by atoms with Gasteiger partial charge in [0.25, 0.3) is 0 Å². The molecule has 1 aliphatic heterocycles. The Bertz CT molecular complexity index is 391. The van der Waals surface area contributed by atoms with Crippen LogP contribution in [-0.4, -0.2) is 34.8 Å². The van der Waals surface area contributed by atoms with Gasteiger partial charge in [-0.2, -0.15) is 0 Å². The van der Waals surface area contributed by atoms with Gasteiger partial charge in [-0.25, -0.2) is 4.98 Å². The van der Waals surface area contributed by atoms with E-state index in [1.54, 1.807) is 0 Å². The van der Waals surface area contributed by atoms with Gasteiger partial charge in [0.15, 0.2) is 0 Å². The van der Waals surface area contributed by atoms with Crippen molar-refractivity contribution in [2.24, 2.45) is 5.92 Å². The summed E-state index contributed by atoms with van der Waals surface area (Å²) in [6.45, 7) is 9.63. The summed E-state index contributed by atoms with van der Waals surface area (Å²) in [5, 5.41) is 3.71. The van der Waals surface area contributed by atoms with Crippen molar-refractivity contribution in [2.75, 3.05) is 13.2 Å². The zero-order valence-electron chi connectivity index (χ0n) is 13.1. The maximum atomic E-state index is 5.76. The highest BCUT2D eigenvalue weighted by Gasteiger charge is 2.30. The quantitative estimate of drug-likeness (QED) is 0.795. The lowest BCUT2D eigenvalue weighted by molar-refractivity contribution is 0.116. The highest BCUT2D eigenvalue weighted by atomic mass is 16.5. The maximum Gasteiger partial charge on any atom is 0.110 e. The van der Waals surface area contributed by atoms with Crippen LogP contribution in [0.3, 0.4) is 0 Å².